The summed E-state index contributed by atoms with van der Waals surface area (Å²) in [4.78, 5) is 61.9. The van der Waals surface area contributed by atoms with Crippen LogP contribution in [0.1, 0.15) is 38.8 Å². The molecule has 0 heterocycles. The predicted molar refractivity (Wildman–Crippen MR) is 240 cm³/mol. The Labute approximate surface area is 364 Å². The van der Waals surface area contributed by atoms with Gasteiger partial charge in [0.1, 0.15) is 0 Å². The van der Waals surface area contributed by atoms with Gasteiger partial charge in [-0.15, -0.1) is 0 Å². The molecule has 18 heteroatoms. The van der Waals surface area contributed by atoms with Crippen LogP contribution in [-0.4, -0.2) is 102 Å². The number of amides is 2. The van der Waals surface area contributed by atoms with Crippen molar-refractivity contribution in [3.05, 3.63) is 132 Å². The molecule has 0 saturated carbocycles. The number of esters is 2. The highest BCUT2D eigenvalue weighted by atomic mass is 32.2. The summed E-state index contributed by atoms with van der Waals surface area (Å²) in [6.07, 6.45) is 0.841. The number of nitrogens with zero attached hydrogens (tertiary/aromatic N) is 4. The van der Waals surface area contributed by atoms with E-state index in [9.17, 15) is 36.0 Å². The maximum Gasteiger partial charge on any atom is 0.333 e. The Balaban J connectivity index is 1.60. The number of sulfonamides is 2. The molecule has 62 heavy (non-hydrogen) atoms. The molecule has 2 N–H and O–H groups in total. The van der Waals surface area contributed by atoms with Gasteiger partial charge in [0, 0.05) is 34.9 Å². The summed E-state index contributed by atoms with van der Waals surface area (Å²) in [6.45, 7) is 8.60. The zero-order chi connectivity index (χ0) is 45.5. The van der Waals surface area contributed by atoms with Crippen molar-refractivity contribution in [2.45, 2.75) is 53.2 Å². The van der Waals surface area contributed by atoms with Crippen molar-refractivity contribution in [2.24, 2.45) is 0 Å². The minimum atomic E-state index is -3.56. The maximum atomic E-state index is 14.4. The fourth-order valence-electron chi connectivity index (χ4n) is 6.35. The second kappa shape index (κ2) is 22.7. The molecule has 0 radical (unpaired) electrons. The molecule has 4 aromatic carbocycles. The molecule has 0 aliphatic carbocycles. The Bertz CT molecular complexity index is 2190. The highest BCUT2D eigenvalue weighted by Crippen LogP contribution is 2.25. The molecule has 2 amide bonds. The molecule has 0 spiro atoms. The number of anilines is 4. The summed E-state index contributed by atoms with van der Waals surface area (Å²) in [7, 11) is -7.11. The first-order valence-electron chi connectivity index (χ1n) is 19.9. The summed E-state index contributed by atoms with van der Waals surface area (Å²) in [5.41, 5.74) is 2.93. The fourth-order valence-corrected chi connectivity index (χ4v) is 7.47. The summed E-state index contributed by atoms with van der Waals surface area (Å²) < 4.78 is 63.6. The predicted octanol–water partition coefficient (Wildman–Crippen LogP) is 5.17. The van der Waals surface area contributed by atoms with E-state index in [0.29, 0.717) is 48.9 Å². The number of nitrogens with one attached hydrogen (secondary N) is 2. The molecular weight excluding hydrogens is 837 g/mol. The lowest BCUT2D eigenvalue weighted by Crippen LogP contribution is -2.51. The van der Waals surface area contributed by atoms with Crippen molar-refractivity contribution in [1.82, 2.24) is 9.80 Å². The molecule has 0 saturated heterocycles. The summed E-state index contributed by atoms with van der Waals surface area (Å²) in [5.74, 6) is -3.26. The maximum absolute atomic E-state index is 14.4. The van der Waals surface area contributed by atoms with E-state index in [4.69, 9.17) is 9.47 Å². The van der Waals surface area contributed by atoms with Gasteiger partial charge in [0.05, 0.1) is 25.6 Å². The number of likely N-dealkylation sites (N-methyl/N-ethyl adjacent to an activating group) is 2. The number of hydrogen-bond donors (Lipinski definition) is 2. The van der Waals surface area contributed by atoms with Gasteiger partial charge < -0.3 is 19.3 Å². The second-order valence-electron chi connectivity index (χ2n) is 14.0. The van der Waals surface area contributed by atoms with Crippen LogP contribution in [0.2, 0.25) is 0 Å². The molecule has 332 valence electrons. The quantitative estimate of drug-likeness (QED) is 0.0599. The van der Waals surface area contributed by atoms with Gasteiger partial charge >= 0.3 is 11.9 Å². The van der Waals surface area contributed by atoms with Gasteiger partial charge in [0.2, 0.25) is 32.5 Å². The first kappa shape index (κ1) is 48.6. The van der Waals surface area contributed by atoms with Crippen molar-refractivity contribution < 1.29 is 45.5 Å². The van der Waals surface area contributed by atoms with Crippen LogP contribution in [0.25, 0.3) is 0 Å². The van der Waals surface area contributed by atoms with Crippen LogP contribution in [0.15, 0.2) is 121 Å². The number of hydrogen-bond acceptors (Lipinski definition) is 12. The fraction of sp³-hybridized carbons (Fsp3) is 0.318. The van der Waals surface area contributed by atoms with E-state index in [1.807, 2.05) is 60.7 Å². The minimum Gasteiger partial charge on any atom is -0.433 e. The Hall–Kier alpha value is -6.08. The summed E-state index contributed by atoms with van der Waals surface area (Å²) >= 11 is 0. The zero-order valence-electron chi connectivity index (χ0n) is 35.6. The van der Waals surface area contributed by atoms with Crippen molar-refractivity contribution in [3.8, 4) is 0 Å². The topological polar surface area (TPSA) is 192 Å². The third kappa shape index (κ3) is 14.8. The smallest absolute Gasteiger partial charge is 0.333 e. The summed E-state index contributed by atoms with van der Waals surface area (Å²) in [5, 5.41) is 0. The number of carbonyl (C=O) groups is 4. The van der Waals surface area contributed by atoms with Crippen LogP contribution < -0.4 is 19.2 Å². The number of ether oxygens (including phenoxy) is 2. The largest absolute Gasteiger partial charge is 0.433 e. The lowest BCUT2D eigenvalue weighted by atomic mass is 10.1. The molecule has 16 nitrogen and oxygen atoms in total. The molecule has 0 fully saturated rings. The Morgan fingerprint density at radius 2 is 0.823 bits per heavy atom. The standard InChI is InChI=1S/C44H54N6O10S2/c1-7-47(8-2)43(41(53)49(31-33-17-13-11-14-18-33)37-25-21-35(22-26-37)45-61(5,55)56)59-39(51)29-30-40(52)60-44(48(9-3)10-4)42(54)50(32-34-19-15-12-16-20-34)38-27-23-36(24-28-38)46-62(6,57)58/h11-30,43-46H,7-10,31-32H2,1-6H3/b30-29+. The highest BCUT2D eigenvalue weighted by Gasteiger charge is 2.35. The van der Waals surface area contributed by atoms with E-state index < -0.39 is 56.3 Å². The van der Waals surface area contributed by atoms with Gasteiger partial charge in [0.25, 0.3) is 11.8 Å². The molecule has 0 aliphatic heterocycles. The van der Waals surface area contributed by atoms with Gasteiger partial charge in [-0.2, -0.15) is 0 Å². The summed E-state index contributed by atoms with van der Waals surface area (Å²) in [6, 6.07) is 30.6. The molecule has 4 rings (SSSR count). The van der Waals surface area contributed by atoms with Crippen LogP contribution in [0, 0.1) is 0 Å². The minimum absolute atomic E-state index is 0.0831. The van der Waals surface area contributed by atoms with Crippen LogP contribution >= 0.6 is 0 Å². The second-order valence-corrected chi connectivity index (χ2v) is 17.5. The normalized spacial score (nSPS) is 12.7. The number of carbonyl (C=O) groups excluding carboxylic acids is 4. The average molecular weight is 891 g/mol. The Kier molecular flexibility index (Phi) is 17.8. The van der Waals surface area contributed by atoms with E-state index in [1.54, 1.807) is 61.8 Å². The van der Waals surface area contributed by atoms with E-state index in [1.165, 1.54) is 34.1 Å². The number of rotatable bonds is 22. The van der Waals surface area contributed by atoms with Crippen LogP contribution in [0.5, 0.6) is 0 Å². The van der Waals surface area contributed by atoms with Gasteiger partial charge in [0.15, 0.2) is 0 Å². The van der Waals surface area contributed by atoms with Crippen LogP contribution in [-0.2, 0) is 61.8 Å². The molecule has 2 unspecified atom stereocenters. The van der Waals surface area contributed by atoms with Crippen molar-refractivity contribution >= 4 is 66.5 Å². The first-order chi connectivity index (χ1) is 29.4. The average Bonchev–Trinajstić information content (AvgIpc) is 3.24. The molecule has 0 aromatic heterocycles. The van der Waals surface area contributed by atoms with Crippen molar-refractivity contribution in [3.63, 3.8) is 0 Å². The van der Waals surface area contributed by atoms with E-state index in [-0.39, 0.29) is 13.1 Å². The molecule has 0 bridgehead atoms. The SMILES string of the molecule is CCN(CC)C(OC(=O)/C=C/C(=O)OC(C(=O)N(Cc1ccccc1)c1ccc(NS(C)(=O)=O)cc1)N(CC)CC)C(=O)N(Cc1ccccc1)c1ccc(NS(C)(=O)=O)cc1. The van der Waals surface area contributed by atoms with Crippen molar-refractivity contribution in [2.75, 3.05) is 57.9 Å². The molecule has 0 aliphatic rings. The van der Waals surface area contributed by atoms with Crippen LogP contribution in [0.4, 0.5) is 22.7 Å². The van der Waals surface area contributed by atoms with Gasteiger partial charge in [-0.05, 0) is 85.8 Å². The highest BCUT2D eigenvalue weighted by molar-refractivity contribution is 7.92. The monoisotopic (exact) mass is 890 g/mol. The lowest BCUT2D eigenvalue weighted by molar-refractivity contribution is -0.163. The number of benzene rings is 4. The third-order valence-corrected chi connectivity index (χ3v) is 10.6. The molecule has 2 atom stereocenters. The van der Waals surface area contributed by atoms with Gasteiger partial charge in [-0.25, -0.2) is 26.4 Å². The molecule has 4 aromatic rings. The van der Waals surface area contributed by atoms with Gasteiger partial charge in [-0.3, -0.25) is 28.8 Å². The van der Waals surface area contributed by atoms with E-state index in [0.717, 1.165) is 35.8 Å². The van der Waals surface area contributed by atoms with Gasteiger partial charge in [-0.1, -0.05) is 88.4 Å². The first-order valence-corrected chi connectivity index (χ1v) is 23.7. The van der Waals surface area contributed by atoms with Crippen molar-refractivity contribution in [1.29, 1.82) is 0 Å². The Morgan fingerprint density at radius 3 is 1.10 bits per heavy atom. The Morgan fingerprint density at radius 1 is 0.516 bits per heavy atom. The van der Waals surface area contributed by atoms with Crippen LogP contribution in [0.3, 0.4) is 0 Å². The van der Waals surface area contributed by atoms with E-state index >= 15 is 0 Å². The molecular formula is C44H54N6O10S2. The zero-order valence-corrected chi connectivity index (χ0v) is 37.3. The lowest BCUT2D eigenvalue weighted by Gasteiger charge is -2.33. The van der Waals surface area contributed by atoms with E-state index in [2.05, 4.69) is 9.44 Å². The third-order valence-electron chi connectivity index (χ3n) is 9.39.